The third kappa shape index (κ3) is 2.56. The number of carbonyl (C=O) groups is 3. The lowest BCUT2D eigenvalue weighted by Gasteiger charge is -2.53. The summed E-state index contributed by atoms with van der Waals surface area (Å²) in [6, 6.07) is 22.9. The number of hydrogen-bond acceptors (Lipinski definition) is 4. The number of ether oxygens (including phenoxy) is 1. The van der Waals surface area contributed by atoms with Crippen molar-refractivity contribution in [3.8, 4) is 5.75 Å². The van der Waals surface area contributed by atoms with E-state index in [9.17, 15) is 14.4 Å². The zero-order chi connectivity index (χ0) is 22.7. The van der Waals surface area contributed by atoms with E-state index in [0.717, 1.165) is 22.3 Å². The minimum absolute atomic E-state index is 0.170. The van der Waals surface area contributed by atoms with Gasteiger partial charge in [-0.1, -0.05) is 54.6 Å². The van der Waals surface area contributed by atoms with Gasteiger partial charge in [-0.2, -0.15) is 0 Å². The summed E-state index contributed by atoms with van der Waals surface area (Å²) in [7, 11) is 1.58. The SMILES string of the molecule is COc1ccc(C(=O)/C=C/C23c4ccccc4C(c4ccccc42)C2C(=O)NC(=O)C23)cc1. The van der Waals surface area contributed by atoms with Gasteiger partial charge in [-0.15, -0.1) is 0 Å². The van der Waals surface area contributed by atoms with Gasteiger partial charge in [0.15, 0.2) is 5.78 Å². The number of benzene rings is 3. The Balaban J connectivity index is 1.57. The lowest BCUT2D eigenvalue weighted by molar-refractivity contribution is -0.126. The maximum atomic E-state index is 13.2. The Bertz CT molecular complexity index is 1310. The van der Waals surface area contributed by atoms with Gasteiger partial charge in [-0.3, -0.25) is 19.7 Å². The van der Waals surface area contributed by atoms with Crippen molar-refractivity contribution >= 4 is 17.6 Å². The number of hydrogen-bond donors (Lipinski definition) is 1. The van der Waals surface area contributed by atoms with Gasteiger partial charge >= 0.3 is 0 Å². The maximum absolute atomic E-state index is 13.2. The van der Waals surface area contributed by atoms with Gasteiger partial charge in [0.25, 0.3) is 0 Å². The van der Waals surface area contributed by atoms with Gasteiger partial charge in [-0.05, 0) is 52.6 Å². The Kier molecular flexibility index (Phi) is 4.18. The van der Waals surface area contributed by atoms with E-state index in [1.165, 1.54) is 0 Å². The summed E-state index contributed by atoms with van der Waals surface area (Å²) in [5.41, 5.74) is 3.69. The predicted octanol–water partition coefficient (Wildman–Crippen LogP) is 3.77. The molecule has 5 heteroatoms. The van der Waals surface area contributed by atoms with Crippen LogP contribution in [0.25, 0.3) is 0 Å². The highest BCUT2D eigenvalue weighted by Crippen LogP contribution is 2.63. The molecule has 3 aromatic rings. The third-order valence-corrected chi connectivity index (χ3v) is 7.40. The van der Waals surface area contributed by atoms with Gasteiger partial charge in [-0.25, -0.2) is 0 Å². The summed E-state index contributed by atoms with van der Waals surface area (Å²) in [6.07, 6.45) is 3.40. The molecule has 2 unspecified atom stereocenters. The van der Waals surface area contributed by atoms with Crippen LogP contribution in [0.1, 0.15) is 38.5 Å². The first-order valence-corrected chi connectivity index (χ1v) is 11.0. The van der Waals surface area contributed by atoms with Crippen molar-refractivity contribution in [2.75, 3.05) is 7.11 Å². The first-order chi connectivity index (χ1) is 16.1. The second kappa shape index (κ2) is 7.01. The Hall–Kier alpha value is -3.99. The number of nitrogens with one attached hydrogen (secondary N) is 1. The maximum Gasteiger partial charge on any atom is 0.232 e. The molecule has 1 fully saturated rings. The highest BCUT2D eigenvalue weighted by Gasteiger charge is 2.65. The van der Waals surface area contributed by atoms with Gasteiger partial charge in [0.1, 0.15) is 5.75 Å². The van der Waals surface area contributed by atoms with E-state index in [0.29, 0.717) is 11.3 Å². The fraction of sp³-hybridized carbons (Fsp3) is 0.179. The zero-order valence-electron chi connectivity index (χ0n) is 17.9. The smallest absolute Gasteiger partial charge is 0.232 e. The minimum atomic E-state index is -0.898. The van der Waals surface area contributed by atoms with E-state index in [4.69, 9.17) is 4.74 Å². The summed E-state index contributed by atoms with van der Waals surface area (Å²) < 4.78 is 5.18. The molecule has 2 amide bonds. The van der Waals surface area contributed by atoms with Crippen molar-refractivity contribution in [2.24, 2.45) is 11.8 Å². The largest absolute Gasteiger partial charge is 0.497 e. The standard InChI is InChI=1S/C28H21NO4/c1-33-17-12-10-16(11-13-17)22(30)14-15-28-20-8-4-2-6-18(20)23(19-7-3-5-9-21(19)28)24-25(28)27(32)29-26(24)31/h2-15,23-25H,1H3,(H,29,31,32)/b15-14+. The molecular weight excluding hydrogens is 414 g/mol. The number of imide groups is 1. The minimum Gasteiger partial charge on any atom is -0.497 e. The number of ketones is 1. The summed E-state index contributed by atoms with van der Waals surface area (Å²) in [5.74, 6) is -1.29. The number of amides is 2. The highest BCUT2D eigenvalue weighted by atomic mass is 16.5. The lowest BCUT2D eigenvalue weighted by Crippen LogP contribution is -2.52. The number of carbonyl (C=O) groups excluding carboxylic acids is 3. The van der Waals surface area contributed by atoms with Crippen LogP contribution in [0.3, 0.4) is 0 Å². The Morgan fingerprint density at radius 3 is 2.09 bits per heavy atom. The Labute approximate surface area is 191 Å². The average Bonchev–Trinajstić information content (AvgIpc) is 3.17. The molecule has 0 saturated carbocycles. The monoisotopic (exact) mass is 435 g/mol. The summed E-state index contributed by atoms with van der Waals surface area (Å²) >= 11 is 0. The molecule has 2 atom stereocenters. The molecule has 7 rings (SSSR count). The van der Waals surface area contributed by atoms with Gasteiger partial charge < -0.3 is 4.74 Å². The first-order valence-electron chi connectivity index (χ1n) is 11.0. The van der Waals surface area contributed by atoms with E-state index >= 15 is 0 Å². The molecule has 0 spiro atoms. The van der Waals surface area contributed by atoms with E-state index in [1.54, 1.807) is 37.5 Å². The normalized spacial score (nSPS) is 26.5. The van der Waals surface area contributed by atoms with E-state index in [-0.39, 0.29) is 23.5 Å². The second-order valence-corrected chi connectivity index (χ2v) is 8.80. The molecule has 1 saturated heterocycles. The molecule has 0 radical (unpaired) electrons. The molecule has 3 aromatic carbocycles. The molecule has 1 heterocycles. The van der Waals surface area contributed by atoms with Crippen molar-refractivity contribution in [3.05, 3.63) is 113 Å². The molecule has 1 aliphatic heterocycles. The topological polar surface area (TPSA) is 72.5 Å². The zero-order valence-corrected chi connectivity index (χ0v) is 17.9. The van der Waals surface area contributed by atoms with Crippen molar-refractivity contribution in [3.63, 3.8) is 0 Å². The van der Waals surface area contributed by atoms with Crippen LogP contribution in [0.5, 0.6) is 5.75 Å². The Morgan fingerprint density at radius 2 is 1.48 bits per heavy atom. The van der Waals surface area contributed by atoms with Crippen LogP contribution in [0.4, 0.5) is 0 Å². The first kappa shape index (κ1) is 19.7. The number of rotatable bonds is 4. The van der Waals surface area contributed by atoms with Gasteiger partial charge in [0, 0.05) is 11.5 Å². The van der Waals surface area contributed by atoms with Crippen LogP contribution in [-0.2, 0) is 15.0 Å². The highest BCUT2D eigenvalue weighted by molar-refractivity contribution is 6.09. The molecule has 3 aliphatic carbocycles. The number of methoxy groups -OCH3 is 1. The van der Waals surface area contributed by atoms with E-state index in [1.807, 2.05) is 54.6 Å². The summed E-state index contributed by atoms with van der Waals surface area (Å²) in [6.45, 7) is 0. The molecular formula is C28H21NO4. The number of allylic oxidation sites excluding steroid dienone is 2. The molecule has 2 bridgehead atoms. The van der Waals surface area contributed by atoms with Crippen molar-refractivity contribution in [1.82, 2.24) is 5.32 Å². The molecule has 162 valence electrons. The second-order valence-electron chi connectivity index (χ2n) is 8.80. The van der Waals surface area contributed by atoms with Crippen LogP contribution in [0.2, 0.25) is 0 Å². The van der Waals surface area contributed by atoms with Crippen LogP contribution < -0.4 is 10.1 Å². The van der Waals surface area contributed by atoms with Gasteiger partial charge in [0.05, 0.1) is 24.4 Å². The molecule has 4 aliphatic rings. The molecule has 33 heavy (non-hydrogen) atoms. The molecule has 0 aromatic heterocycles. The average molecular weight is 435 g/mol. The summed E-state index contributed by atoms with van der Waals surface area (Å²) in [5, 5.41) is 2.58. The van der Waals surface area contributed by atoms with Crippen molar-refractivity contribution in [1.29, 1.82) is 0 Å². The fourth-order valence-corrected chi connectivity index (χ4v) is 6.10. The van der Waals surface area contributed by atoms with Crippen LogP contribution in [-0.4, -0.2) is 24.7 Å². The van der Waals surface area contributed by atoms with Crippen LogP contribution in [0, 0.1) is 11.8 Å². The van der Waals surface area contributed by atoms with Gasteiger partial charge in [0.2, 0.25) is 11.8 Å². The van der Waals surface area contributed by atoms with Crippen molar-refractivity contribution in [2.45, 2.75) is 11.3 Å². The summed E-state index contributed by atoms with van der Waals surface area (Å²) in [4.78, 5) is 39.2. The van der Waals surface area contributed by atoms with Crippen LogP contribution >= 0.6 is 0 Å². The van der Waals surface area contributed by atoms with Crippen molar-refractivity contribution < 1.29 is 19.1 Å². The molecule has 5 nitrogen and oxygen atoms in total. The predicted molar refractivity (Wildman–Crippen MR) is 122 cm³/mol. The lowest BCUT2D eigenvalue weighted by atomic mass is 9.47. The fourth-order valence-electron chi connectivity index (χ4n) is 6.10. The van der Waals surface area contributed by atoms with E-state index < -0.39 is 17.3 Å². The van der Waals surface area contributed by atoms with Crippen LogP contribution in [0.15, 0.2) is 84.9 Å². The van der Waals surface area contributed by atoms with E-state index in [2.05, 4.69) is 5.32 Å². The third-order valence-electron chi connectivity index (χ3n) is 7.40. The quantitative estimate of drug-likeness (QED) is 0.385. The Morgan fingerprint density at radius 1 is 0.879 bits per heavy atom. The molecule has 1 N–H and O–H groups in total.